The van der Waals surface area contributed by atoms with Crippen LogP contribution in [0.3, 0.4) is 0 Å². The summed E-state index contributed by atoms with van der Waals surface area (Å²) < 4.78 is 0. The number of rotatable bonds is 2. The third-order valence-electron chi connectivity index (χ3n) is 4.49. The van der Waals surface area contributed by atoms with Crippen LogP contribution in [0.5, 0.6) is 0 Å². The van der Waals surface area contributed by atoms with Gasteiger partial charge in [0.25, 0.3) is 0 Å². The van der Waals surface area contributed by atoms with Crippen molar-refractivity contribution in [1.29, 1.82) is 0 Å². The predicted molar refractivity (Wildman–Crippen MR) is 83.4 cm³/mol. The quantitative estimate of drug-likeness (QED) is 0.862. The van der Waals surface area contributed by atoms with E-state index in [4.69, 9.17) is 11.6 Å². The predicted octanol–water partition coefficient (Wildman–Crippen LogP) is 4.07. The number of carbonyl (C=O) groups excluding carboxylic acids is 1. The van der Waals surface area contributed by atoms with Crippen LogP contribution in [-0.4, -0.2) is 11.9 Å². The Bertz CT molecular complexity index is 568. The Hall–Kier alpha value is -1.22. The lowest BCUT2D eigenvalue weighted by Gasteiger charge is -2.21. The zero-order valence-corrected chi connectivity index (χ0v) is 13.0. The summed E-state index contributed by atoms with van der Waals surface area (Å²) in [5.74, 6) is 0.678. The van der Waals surface area contributed by atoms with Crippen molar-refractivity contribution in [3.63, 3.8) is 0 Å². The second kappa shape index (κ2) is 4.66. The topological polar surface area (TPSA) is 41.1 Å². The van der Waals surface area contributed by atoms with E-state index >= 15 is 0 Å². The van der Waals surface area contributed by atoms with E-state index < -0.39 is 0 Å². The Morgan fingerprint density at radius 1 is 1.35 bits per heavy atom. The number of carbonyl (C=O) groups is 1. The molecular weight excluding hydrogens is 272 g/mol. The van der Waals surface area contributed by atoms with Crippen LogP contribution in [0.4, 0.5) is 11.4 Å². The van der Waals surface area contributed by atoms with Crippen molar-refractivity contribution >= 4 is 28.9 Å². The SMILES string of the molecule is CC1CC(C)(C)CC1Nc1cc2c(cc1Cl)NC(=O)C2. The molecule has 1 amide bonds. The Kier molecular flexibility index (Phi) is 3.20. The average Bonchev–Trinajstić information content (AvgIpc) is 2.78. The van der Waals surface area contributed by atoms with Gasteiger partial charge < -0.3 is 10.6 Å². The summed E-state index contributed by atoms with van der Waals surface area (Å²) in [6, 6.07) is 4.33. The summed E-state index contributed by atoms with van der Waals surface area (Å²) in [5, 5.41) is 7.10. The first-order valence-electron chi connectivity index (χ1n) is 7.23. The lowest BCUT2D eigenvalue weighted by Crippen LogP contribution is -2.22. The maximum atomic E-state index is 11.4. The van der Waals surface area contributed by atoms with Crippen molar-refractivity contribution < 1.29 is 4.79 Å². The van der Waals surface area contributed by atoms with Crippen molar-refractivity contribution in [3.8, 4) is 0 Å². The second-order valence-corrected chi connectivity index (χ2v) is 7.42. The summed E-state index contributed by atoms with van der Waals surface area (Å²) in [7, 11) is 0. The van der Waals surface area contributed by atoms with Crippen LogP contribution in [0.1, 0.15) is 39.2 Å². The highest BCUT2D eigenvalue weighted by Gasteiger charge is 2.36. The van der Waals surface area contributed by atoms with Crippen LogP contribution < -0.4 is 10.6 Å². The summed E-state index contributed by atoms with van der Waals surface area (Å²) in [6.45, 7) is 6.93. The van der Waals surface area contributed by atoms with Gasteiger partial charge in [-0.2, -0.15) is 0 Å². The van der Waals surface area contributed by atoms with Gasteiger partial charge in [-0.25, -0.2) is 0 Å². The molecule has 1 heterocycles. The Morgan fingerprint density at radius 3 is 2.75 bits per heavy atom. The number of benzene rings is 1. The van der Waals surface area contributed by atoms with E-state index in [-0.39, 0.29) is 5.91 Å². The van der Waals surface area contributed by atoms with Crippen LogP contribution in [0.15, 0.2) is 12.1 Å². The summed E-state index contributed by atoms with van der Waals surface area (Å²) in [4.78, 5) is 11.4. The molecule has 1 aliphatic carbocycles. The molecule has 1 aromatic rings. The Balaban J connectivity index is 1.82. The Labute approximate surface area is 125 Å². The zero-order chi connectivity index (χ0) is 14.5. The van der Waals surface area contributed by atoms with Crippen molar-refractivity contribution in [3.05, 3.63) is 22.7 Å². The standard InChI is InChI=1S/C16H21ClN2O/c1-9-7-16(2,3)8-14(9)18-13-4-10-5-15(20)19-12(10)6-11(13)17/h4,6,9,14,18H,5,7-8H2,1-3H3,(H,19,20). The summed E-state index contributed by atoms with van der Waals surface area (Å²) >= 11 is 6.34. The fourth-order valence-electron chi connectivity index (χ4n) is 3.65. The number of amides is 1. The lowest BCUT2D eigenvalue weighted by molar-refractivity contribution is -0.115. The van der Waals surface area contributed by atoms with Crippen LogP contribution in [0.25, 0.3) is 0 Å². The second-order valence-electron chi connectivity index (χ2n) is 7.01. The molecule has 1 aliphatic heterocycles. The zero-order valence-electron chi connectivity index (χ0n) is 12.2. The number of hydrogen-bond donors (Lipinski definition) is 2. The molecule has 3 rings (SSSR count). The van der Waals surface area contributed by atoms with Crippen molar-refractivity contribution in [2.75, 3.05) is 10.6 Å². The minimum atomic E-state index is 0.0450. The van der Waals surface area contributed by atoms with E-state index in [1.807, 2.05) is 12.1 Å². The number of nitrogens with one attached hydrogen (secondary N) is 2. The molecule has 1 aromatic carbocycles. The molecule has 0 aromatic heterocycles. The Morgan fingerprint density at radius 2 is 2.10 bits per heavy atom. The molecule has 0 bridgehead atoms. The molecular formula is C16H21ClN2O. The van der Waals surface area contributed by atoms with Gasteiger partial charge in [0.05, 0.1) is 17.1 Å². The maximum absolute atomic E-state index is 11.4. The van der Waals surface area contributed by atoms with E-state index in [0.717, 1.165) is 23.4 Å². The monoisotopic (exact) mass is 292 g/mol. The summed E-state index contributed by atoms with van der Waals surface area (Å²) in [6.07, 6.45) is 2.83. The third-order valence-corrected chi connectivity index (χ3v) is 4.81. The average molecular weight is 293 g/mol. The molecule has 3 nitrogen and oxygen atoms in total. The largest absolute Gasteiger partial charge is 0.381 e. The molecule has 20 heavy (non-hydrogen) atoms. The maximum Gasteiger partial charge on any atom is 0.228 e. The van der Waals surface area contributed by atoms with Gasteiger partial charge in [-0.3, -0.25) is 4.79 Å². The fourth-order valence-corrected chi connectivity index (χ4v) is 3.86. The number of halogens is 1. The van der Waals surface area contributed by atoms with Crippen molar-refractivity contribution in [2.24, 2.45) is 11.3 Å². The van der Waals surface area contributed by atoms with Crippen molar-refractivity contribution in [2.45, 2.75) is 46.1 Å². The summed E-state index contributed by atoms with van der Waals surface area (Å²) in [5.41, 5.74) is 3.23. The highest BCUT2D eigenvalue weighted by atomic mass is 35.5. The minimum Gasteiger partial charge on any atom is -0.381 e. The molecule has 108 valence electrons. The first kappa shape index (κ1) is 13.7. The van der Waals surface area contributed by atoms with Gasteiger partial charge in [-0.15, -0.1) is 0 Å². The van der Waals surface area contributed by atoms with Crippen LogP contribution in [-0.2, 0) is 11.2 Å². The van der Waals surface area contributed by atoms with Gasteiger partial charge in [0.15, 0.2) is 0 Å². The van der Waals surface area contributed by atoms with E-state index in [2.05, 4.69) is 31.4 Å². The normalized spacial score (nSPS) is 27.3. The molecule has 2 N–H and O–H groups in total. The molecule has 2 unspecified atom stereocenters. The fraction of sp³-hybridized carbons (Fsp3) is 0.562. The number of hydrogen-bond acceptors (Lipinski definition) is 2. The van der Waals surface area contributed by atoms with E-state index in [9.17, 15) is 4.79 Å². The third kappa shape index (κ3) is 2.51. The first-order chi connectivity index (χ1) is 9.34. The molecule has 2 atom stereocenters. The number of anilines is 2. The van der Waals surface area contributed by atoms with Gasteiger partial charge in [0.2, 0.25) is 5.91 Å². The molecule has 0 radical (unpaired) electrons. The van der Waals surface area contributed by atoms with Crippen molar-refractivity contribution in [1.82, 2.24) is 0 Å². The molecule has 2 aliphatic rings. The van der Waals surface area contributed by atoms with Gasteiger partial charge in [-0.05, 0) is 41.9 Å². The highest BCUT2D eigenvalue weighted by molar-refractivity contribution is 6.33. The minimum absolute atomic E-state index is 0.0450. The van der Waals surface area contributed by atoms with E-state index in [0.29, 0.717) is 28.8 Å². The molecule has 4 heteroatoms. The smallest absolute Gasteiger partial charge is 0.228 e. The van der Waals surface area contributed by atoms with E-state index in [1.54, 1.807) is 0 Å². The van der Waals surface area contributed by atoms with E-state index in [1.165, 1.54) is 6.42 Å². The number of fused-ring (bicyclic) bond motifs is 1. The van der Waals surface area contributed by atoms with Gasteiger partial charge >= 0.3 is 0 Å². The van der Waals surface area contributed by atoms with Gasteiger partial charge in [0.1, 0.15) is 0 Å². The molecule has 1 fully saturated rings. The van der Waals surface area contributed by atoms with Gasteiger partial charge in [-0.1, -0.05) is 32.4 Å². The molecule has 0 spiro atoms. The van der Waals surface area contributed by atoms with Crippen LogP contribution >= 0.6 is 11.6 Å². The molecule has 0 saturated heterocycles. The van der Waals surface area contributed by atoms with Crippen LogP contribution in [0.2, 0.25) is 5.02 Å². The van der Waals surface area contributed by atoms with Crippen LogP contribution in [0, 0.1) is 11.3 Å². The highest BCUT2D eigenvalue weighted by Crippen LogP contribution is 2.43. The lowest BCUT2D eigenvalue weighted by atomic mass is 9.91. The van der Waals surface area contributed by atoms with Gasteiger partial charge in [0, 0.05) is 11.7 Å². The first-order valence-corrected chi connectivity index (χ1v) is 7.61. The molecule has 1 saturated carbocycles.